The summed E-state index contributed by atoms with van der Waals surface area (Å²) in [6.45, 7) is 0. The lowest BCUT2D eigenvalue weighted by Crippen LogP contribution is -2.17. The number of carbonyl (C=O) groups excluding carboxylic acids is 1. The lowest BCUT2D eigenvalue weighted by atomic mass is 9.87. The Bertz CT molecular complexity index is 401. The molecule has 1 aromatic rings. The highest BCUT2D eigenvalue weighted by atomic mass is 19.1. The Morgan fingerprint density at radius 3 is 2.60 bits per heavy atom. The van der Waals surface area contributed by atoms with Crippen LogP contribution < -0.4 is 5.73 Å². The van der Waals surface area contributed by atoms with Gasteiger partial charge in [0.15, 0.2) is 0 Å². The molecule has 0 atom stereocenters. The van der Waals surface area contributed by atoms with Crippen LogP contribution in [0.4, 0.5) is 4.39 Å². The van der Waals surface area contributed by atoms with Crippen molar-refractivity contribution < 1.29 is 9.18 Å². The minimum atomic E-state index is -0.352. The maximum Gasteiger partial charge on any atom is 0.221 e. The number of rotatable bonds is 2. The van der Waals surface area contributed by atoms with Crippen molar-refractivity contribution in [3.8, 4) is 0 Å². The van der Waals surface area contributed by atoms with E-state index >= 15 is 0 Å². The molecular weight excluding hydrogens is 193 g/mol. The summed E-state index contributed by atoms with van der Waals surface area (Å²) in [5, 5.41) is 0. The van der Waals surface area contributed by atoms with Gasteiger partial charge in [0.1, 0.15) is 5.82 Å². The predicted molar refractivity (Wildman–Crippen MR) is 55.9 cm³/mol. The van der Waals surface area contributed by atoms with Crippen molar-refractivity contribution in [3.63, 3.8) is 0 Å². The smallest absolute Gasteiger partial charge is 0.221 e. The second-order valence-corrected chi connectivity index (χ2v) is 4.01. The van der Waals surface area contributed by atoms with E-state index in [0.717, 1.165) is 42.4 Å². The Balaban J connectivity index is 2.43. The summed E-state index contributed by atoms with van der Waals surface area (Å²) in [4.78, 5) is 10.9. The summed E-state index contributed by atoms with van der Waals surface area (Å²) in [6, 6.07) is 3.13. The zero-order valence-corrected chi connectivity index (χ0v) is 8.55. The third-order valence-electron chi connectivity index (χ3n) is 2.94. The highest BCUT2D eigenvalue weighted by Gasteiger charge is 2.17. The van der Waals surface area contributed by atoms with Crippen molar-refractivity contribution in [3.05, 3.63) is 34.6 Å². The van der Waals surface area contributed by atoms with Crippen LogP contribution in [-0.4, -0.2) is 5.91 Å². The molecular formula is C12H14FNO. The summed E-state index contributed by atoms with van der Waals surface area (Å²) in [7, 11) is 0. The SMILES string of the molecule is NC(=O)Cc1ccc(F)c2c1CCCC2. The molecule has 1 aliphatic rings. The molecule has 0 unspecified atom stereocenters. The van der Waals surface area contributed by atoms with E-state index in [-0.39, 0.29) is 18.1 Å². The van der Waals surface area contributed by atoms with Gasteiger partial charge in [-0.15, -0.1) is 0 Å². The van der Waals surface area contributed by atoms with Gasteiger partial charge in [0, 0.05) is 0 Å². The number of carbonyl (C=O) groups is 1. The van der Waals surface area contributed by atoms with Crippen molar-refractivity contribution in [1.82, 2.24) is 0 Å². The van der Waals surface area contributed by atoms with Gasteiger partial charge >= 0.3 is 0 Å². The normalized spacial score (nSPS) is 14.7. The second kappa shape index (κ2) is 4.01. The highest BCUT2D eigenvalue weighted by Crippen LogP contribution is 2.27. The summed E-state index contributed by atoms with van der Waals surface area (Å²) in [6.07, 6.45) is 3.98. The minimum Gasteiger partial charge on any atom is -0.369 e. The number of hydrogen-bond donors (Lipinski definition) is 1. The third-order valence-corrected chi connectivity index (χ3v) is 2.94. The fourth-order valence-electron chi connectivity index (χ4n) is 2.25. The number of benzene rings is 1. The van der Waals surface area contributed by atoms with E-state index in [1.54, 1.807) is 6.07 Å². The standard InChI is InChI=1S/C12H14FNO/c13-11-6-5-8(7-12(14)15)9-3-1-2-4-10(9)11/h5-6H,1-4,7H2,(H2,14,15). The molecule has 0 heterocycles. The molecule has 15 heavy (non-hydrogen) atoms. The van der Waals surface area contributed by atoms with Crippen LogP contribution in [0.5, 0.6) is 0 Å². The molecule has 1 aliphatic carbocycles. The van der Waals surface area contributed by atoms with Crippen LogP contribution >= 0.6 is 0 Å². The molecule has 80 valence electrons. The van der Waals surface area contributed by atoms with Crippen LogP contribution in [0.3, 0.4) is 0 Å². The average Bonchev–Trinajstić information content (AvgIpc) is 2.22. The molecule has 3 heteroatoms. The summed E-state index contributed by atoms with van der Waals surface area (Å²) < 4.78 is 13.5. The first kappa shape index (κ1) is 10.1. The van der Waals surface area contributed by atoms with Crippen molar-refractivity contribution in [1.29, 1.82) is 0 Å². The van der Waals surface area contributed by atoms with E-state index in [2.05, 4.69) is 0 Å². The monoisotopic (exact) mass is 207 g/mol. The average molecular weight is 207 g/mol. The first-order valence-corrected chi connectivity index (χ1v) is 5.26. The van der Waals surface area contributed by atoms with Gasteiger partial charge in [-0.2, -0.15) is 0 Å². The molecule has 2 nitrogen and oxygen atoms in total. The lowest BCUT2D eigenvalue weighted by Gasteiger charge is -2.19. The molecule has 1 aromatic carbocycles. The molecule has 2 rings (SSSR count). The van der Waals surface area contributed by atoms with E-state index in [4.69, 9.17) is 5.73 Å². The van der Waals surface area contributed by atoms with Crippen LogP contribution in [0.25, 0.3) is 0 Å². The van der Waals surface area contributed by atoms with Crippen LogP contribution in [0.1, 0.15) is 29.5 Å². The van der Waals surface area contributed by atoms with Crippen molar-refractivity contribution in [2.75, 3.05) is 0 Å². The van der Waals surface area contributed by atoms with E-state index in [9.17, 15) is 9.18 Å². The zero-order valence-electron chi connectivity index (χ0n) is 8.55. The van der Waals surface area contributed by atoms with E-state index in [1.165, 1.54) is 6.07 Å². The zero-order chi connectivity index (χ0) is 10.8. The van der Waals surface area contributed by atoms with Crippen LogP contribution in [-0.2, 0) is 24.1 Å². The first-order chi connectivity index (χ1) is 7.18. The number of fused-ring (bicyclic) bond motifs is 1. The van der Waals surface area contributed by atoms with Gasteiger partial charge in [0.2, 0.25) is 5.91 Å². The molecule has 0 fully saturated rings. The van der Waals surface area contributed by atoms with Crippen LogP contribution in [0.15, 0.2) is 12.1 Å². The summed E-state index contributed by atoms with van der Waals surface area (Å²) in [5.41, 5.74) is 7.87. The summed E-state index contributed by atoms with van der Waals surface area (Å²) >= 11 is 0. The number of amides is 1. The van der Waals surface area contributed by atoms with E-state index < -0.39 is 0 Å². The van der Waals surface area contributed by atoms with Gasteiger partial charge < -0.3 is 5.73 Å². The molecule has 0 aromatic heterocycles. The van der Waals surface area contributed by atoms with Gasteiger partial charge in [-0.1, -0.05) is 6.07 Å². The highest BCUT2D eigenvalue weighted by molar-refractivity contribution is 5.77. The Hall–Kier alpha value is -1.38. The Labute approximate surface area is 88.3 Å². The second-order valence-electron chi connectivity index (χ2n) is 4.01. The van der Waals surface area contributed by atoms with Gasteiger partial charge in [-0.25, -0.2) is 4.39 Å². The first-order valence-electron chi connectivity index (χ1n) is 5.26. The van der Waals surface area contributed by atoms with Crippen LogP contribution in [0, 0.1) is 5.82 Å². The quantitative estimate of drug-likeness (QED) is 0.788. The van der Waals surface area contributed by atoms with Crippen molar-refractivity contribution in [2.45, 2.75) is 32.1 Å². The fourth-order valence-corrected chi connectivity index (χ4v) is 2.25. The molecule has 1 amide bonds. The van der Waals surface area contributed by atoms with Gasteiger partial charge in [0.25, 0.3) is 0 Å². The number of hydrogen-bond acceptors (Lipinski definition) is 1. The molecule has 0 saturated heterocycles. The molecule has 0 radical (unpaired) electrons. The maximum atomic E-state index is 13.5. The predicted octanol–water partition coefficient (Wildman–Crippen LogP) is 1.73. The maximum absolute atomic E-state index is 13.5. The van der Waals surface area contributed by atoms with Gasteiger partial charge in [-0.3, -0.25) is 4.79 Å². The fraction of sp³-hybridized carbons (Fsp3) is 0.417. The Morgan fingerprint density at radius 2 is 1.93 bits per heavy atom. The molecule has 0 spiro atoms. The minimum absolute atomic E-state index is 0.141. The van der Waals surface area contributed by atoms with Crippen molar-refractivity contribution in [2.24, 2.45) is 5.73 Å². The third kappa shape index (κ3) is 2.01. The summed E-state index contributed by atoms with van der Waals surface area (Å²) in [5.74, 6) is -0.493. The lowest BCUT2D eigenvalue weighted by molar-refractivity contribution is -0.117. The number of primary amides is 1. The Kier molecular flexibility index (Phi) is 2.71. The van der Waals surface area contributed by atoms with Gasteiger partial charge in [0.05, 0.1) is 6.42 Å². The molecule has 0 aliphatic heterocycles. The van der Waals surface area contributed by atoms with E-state index in [0.29, 0.717) is 0 Å². The largest absolute Gasteiger partial charge is 0.369 e. The molecule has 0 saturated carbocycles. The van der Waals surface area contributed by atoms with Gasteiger partial charge in [-0.05, 0) is 48.4 Å². The number of nitrogens with two attached hydrogens (primary N) is 1. The van der Waals surface area contributed by atoms with E-state index in [1.807, 2.05) is 0 Å². The van der Waals surface area contributed by atoms with Crippen molar-refractivity contribution >= 4 is 5.91 Å². The molecule has 2 N–H and O–H groups in total. The van der Waals surface area contributed by atoms with Crippen LogP contribution in [0.2, 0.25) is 0 Å². The Morgan fingerprint density at radius 1 is 1.27 bits per heavy atom. The number of halogens is 1. The molecule has 0 bridgehead atoms. The topological polar surface area (TPSA) is 43.1 Å².